The molecule has 0 atom stereocenters. The van der Waals surface area contributed by atoms with Gasteiger partial charge in [0.15, 0.2) is 0 Å². The van der Waals surface area contributed by atoms with Gasteiger partial charge in [0.05, 0.1) is 13.7 Å². The Morgan fingerprint density at radius 1 is 1.21 bits per heavy atom. The van der Waals surface area contributed by atoms with Crippen molar-refractivity contribution in [3.8, 4) is 5.75 Å². The van der Waals surface area contributed by atoms with Crippen LogP contribution in [0.4, 0.5) is 0 Å². The molecular formula is C11H16O3. The zero-order valence-corrected chi connectivity index (χ0v) is 8.62. The van der Waals surface area contributed by atoms with Crippen molar-refractivity contribution in [2.75, 3.05) is 20.8 Å². The monoisotopic (exact) mass is 196 g/mol. The van der Waals surface area contributed by atoms with Gasteiger partial charge in [-0.1, -0.05) is 18.2 Å². The molecule has 14 heavy (non-hydrogen) atoms. The molecule has 0 unspecified atom stereocenters. The number of aliphatic hydroxyl groups is 1. The molecule has 0 bridgehead atoms. The first-order chi connectivity index (χ1) is 6.83. The Hall–Kier alpha value is -1.06. The lowest BCUT2D eigenvalue weighted by molar-refractivity contribution is 0.181. The van der Waals surface area contributed by atoms with Crippen molar-refractivity contribution in [1.82, 2.24) is 0 Å². The van der Waals surface area contributed by atoms with E-state index in [1.807, 2.05) is 18.2 Å². The van der Waals surface area contributed by atoms with E-state index in [2.05, 4.69) is 0 Å². The molecule has 3 heteroatoms. The molecule has 0 aromatic heterocycles. The minimum atomic E-state index is 0.132. The van der Waals surface area contributed by atoms with Crippen molar-refractivity contribution in [1.29, 1.82) is 0 Å². The second-order valence-corrected chi connectivity index (χ2v) is 3.02. The van der Waals surface area contributed by atoms with E-state index in [0.29, 0.717) is 13.0 Å². The lowest BCUT2D eigenvalue weighted by Gasteiger charge is -2.12. The molecule has 0 spiro atoms. The number of aliphatic hydroxyl groups excluding tert-OH is 1. The van der Waals surface area contributed by atoms with E-state index in [4.69, 9.17) is 14.6 Å². The third kappa shape index (κ3) is 2.47. The summed E-state index contributed by atoms with van der Waals surface area (Å²) in [6.45, 7) is 0.662. The van der Waals surface area contributed by atoms with Crippen LogP contribution in [0.5, 0.6) is 5.75 Å². The van der Waals surface area contributed by atoms with Crippen LogP contribution in [0.25, 0.3) is 0 Å². The summed E-state index contributed by atoms with van der Waals surface area (Å²) in [6, 6.07) is 5.86. The minimum absolute atomic E-state index is 0.132. The van der Waals surface area contributed by atoms with E-state index in [9.17, 15) is 0 Å². The first kappa shape index (κ1) is 11.0. The fraction of sp³-hybridized carbons (Fsp3) is 0.455. The van der Waals surface area contributed by atoms with E-state index in [0.717, 1.165) is 16.9 Å². The SMILES string of the molecule is COCc1cccc(CCO)c1OC. The number of benzene rings is 1. The highest BCUT2D eigenvalue weighted by Gasteiger charge is 2.07. The average molecular weight is 196 g/mol. The van der Waals surface area contributed by atoms with Gasteiger partial charge in [-0.25, -0.2) is 0 Å². The maximum atomic E-state index is 8.87. The zero-order chi connectivity index (χ0) is 10.4. The highest BCUT2D eigenvalue weighted by molar-refractivity contribution is 5.41. The van der Waals surface area contributed by atoms with E-state index in [-0.39, 0.29) is 6.61 Å². The van der Waals surface area contributed by atoms with Gasteiger partial charge >= 0.3 is 0 Å². The molecule has 0 amide bonds. The Labute approximate surface area is 84.3 Å². The molecule has 1 aromatic carbocycles. The summed E-state index contributed by atoms with van der Waals surface area (Å²) in [5.74, 6) is 0.823. The third-order valence-corrected chi connectivity index (χ3v) is 2.06. The van der Waals surface area contributed by atoms with Crippen LogP contribution in [0.15, 0.2) is 18.2 Å². The number of ether oxygens (including phenoxy) is 2. The predicted octanol–water partition coefficient (Wildman–Crippen LogP) is 1.38. The molecule has 1 rings (SSSR count). The number of para-hydroxylation sites is 1. The topological polar surface area (TPSA) is 38.7 Å². The fourth-order valence-electron chi connectivity index (χ4n) is 1.49. The number of methoxy groups -OCH3 is 2. The standard InChI is InChI=1S/C11H16O3/c1-13-8-10-5-3-4-9(6-7-12)11(10)14-2/h3-5,12H,6-8H2,1-2H3. The summed E-state index contributed by atoms with van der Waals surface area (Å²) in [4.78, 5) is 0. The maximum Gasteiger partial charge on any atom is 0.127 e. The Balaban J connectivity index is 2.98. The second-order valence-electron chi connectivity index (χ2n) is 3.02. The van der Waals surface area contributed by atoms with Crippen LogP contribution < -0.4 is 4.74 Å². The van der Waals surface area contributed by atoms with Crippen molar-refractivity contribution in [3.63, 3.8) is 0 Å². The highest BCUT2D eigenvalue weighted by atomic mass is 16.5. The molecule has 78 valence electrons. The largest absolute Gasteiger partial charge is 0.496 e. The van der Waals surface area contributed by atoms with Crippen molar-refractivity contribution in [3.05, 3.63) is 29.3 Å². The molecule has 0 aliphatic rings. The molecule has 0 saturated heterocycles. The fourth-order valence-corrected chi connectivity index (χ4v) is 1.49. The number of hydrogen-bond donors (Lipinski definition) is 1. The number of rotatable bonds is 5. The van der Waals surface area contributed by atoms with Crippen LogP contribution in [0.3, 0.4) is 0 Å². The lowest BCUT2D eigenvalue weighted by atomic mass is 10.1. The highest BCUT2D eigenvalue weighted by Crippen LogP contribution is 2.24. The molecule has 0 fully saturated rings. The molecule has 0 aliphatic carbocycles. The van der Waals surface area contributed by atoms with Crippen molar-refractivity contribution in [2.24, 2.45) is 0 Å². The van der Waals surface area contributed by atoms with E-state index < -0.39 is 0 Å². The molecule has 0 aliphatic heterocycles. The van der Waals surface area contributed by atoms with Gasteiger partial charge in [0.2, 0.25) is 0 Å². The van der Waals surface area contributed by atoms with Crippen LogP contribution in [0.1, 0.15) is 11.1 Å². The quantitative estimate of drug-likeness (QED) is 0.773. The summed E-state index contributed by atoms with van der Waals surface area (Å²) in [5.41, 5.74) is 2.03. The molecule has 1 N–H and O–H groups in total. The van der Waals surface area contributed by atoms with Gasteiger partial charge in [0, 0.05) is 19.3 Å². The van der Waals surface area contributed by atoms with Gasteiger partial charge in [-0.3, -0.25) is 0 Å². The summed E-state index contributed by atoms with van der Waals surface area (Å²) >= 11 is 0. The first-order valence-electron chi connectivity index (χ1n) is 4.58. The minimum Gasteiger partial charge on any atom is -0.496 e. The zero-order valence-electron chi connectivity index (χ0n) is 8.62. The summed E-state index contributed by atoms with van der Waals surface area (Å²) in [5, 5.41) is 8.87. The molecular weight excluding hydrogens is 180 g/mol. The van der Waals surface area contributed by atoms with Gasteiger partial charge in [-0.2, -0.15) is 0 Å². The molecule has 3 nitrogen and oxygen atoms in total. The van der Waals surface area contributed by atoms with Crippen LogP contribution in [0.2, 0.25) is 0 Å². The normalized spacial score (nSPS) is 10.2. The Kier molecular flexibility index (Phi) is 4.43. The van der Waals surface area contributed by atoms with Crippen LogP contribution >= 0.6 is 0 Å². The Morgan fingerprint density at radius 3 is 2.50 bits per heavy atom. The second kappa shape index (κ2) is 5.62. The first-order valence-corrected chi connectivity index (χ1v) is 4.58. The Bertz CT molecular complexity index is 260. The van der Waals surface area contributed by atoms with Gasteiger partial charge < -0.3 is 14.6 Å². The molecule has 0 heterocycles. The maximum absolute atomic E-state index is 8.87. The van der Waals surface area contributed by atoms with Gasteiger partial charge in [-0.15, -0.1) is 0 Å². The van der Waals surface area contributed by atoms with Crippen LogP contribution in [0, 0.1) is 0 Å². The van der Waals surface area contributed by atoms with Gasteiger partial charge in [-0.05, 0) is 12.0 Å². The van der Waals surface area contributed by atoms with Crippen molar-refractivity contribution in [2.45, 2.75) is 13.0 Å². The predicted molar refractivity (Wildman–Crippen MR) is 54.5 cm³/mol. The smallest absolute Gasteiger partial charge is 0.127 e. The third-order valence-electron chi connectivity index (χ3n) is 2.06. The molecule has 0 saturated carbocycles. The molecule has 1 aromatic rings. The van der Waals surface area contributed by atoms with E-state index >= 15 is 0 Å². The van der Waals surface area contributed by atoms with Crippen LogP contribution in [-0.2, 0) is 17.8 Å². The average Bonchev–Trinajstić information content (AvgIpc) is 2.19. The summed E-state index contributed by atoms with van der Waals surface area (Å²) < 4.78 is 10.4. The Morgan fingerprint density at radius 2 is 1.93 bits per heavy atom. The summed E-state index contributed by atoms with van der Waals surface area (Å²) in [6.07, 6.45) is 0.612. The number of hydrogen-bond acceptors (Lipinski definition) is 3. The van der Waals surface area contributed by atoms with E-state index in [1.165, 1.54) is 0 Å². The van der Waals surface area contributed by atoms with Gasteiger partial charge in [0.1, 0.15) is 5.75 Å². The lowest BCUT2D eigenvalue weighted by Crippen LogP contribution is -2.00. The molecule has 0 radical (unpaired) electrons. The van der Waals surface area contributed by atoms with E-state index in [1.54, 1.807) is 14.2 Å². The van der Waals surface area contributed by atoms with Crippen LogP contribution in [-0.4, -0.2) is 25.9 Å². The van der Waals surface area contributed by atoms with Crippen molar-refractivity contribution >= 4 is 0 Å². The summed E-state index contributed by atoms with van der Waals surface area (Å²) in [7, 11) is 3.29. The van der Waals surface area contributed by atoms with Gasteiger partial charge in [0.25, 0.3) is 0 Å². The van der Waals surface area contributed by atoms with Crippen molar-refractivity contribution < 1.29 is 14.6 Å².